The minimum absolute atomic E-state index is 0.0900. The first-order valence-electron chi connectivity index (χ1n) is 8.10. The molecule has 112 valence electrons. The lowest BCUT2D eigenvalue weighted by Crippen LogP contribution is -2.38. The minimum atomic E-state index is 0.0900. The van der Waals surface area contributed by atoms with E-state index in [1.165, 1.54) is 24.1 Å². The zero-order chi connectivity index (χ0) is 14.8. The van der Waals surface area contributed by atoms with Crippen molar-refractivity contribution in [3.63, 3.8) is 0 Å². The number of likely N-dealkylation sites (N-methyl/N-ethyl adjacent to an activating group) is 1. The van der Waals surface area contributed by atoms with Crippen LogP contribution in [-0.4, -0.2) is 22.6 Å². The molecule has 3 rings (SSSR count). The highest BCUT2D eigenvalue weighted by atomic mass is 16.1. The van der Waals surface area contributed by atoms with Gasteiger partial charge in [0.2, 0.25) is 0 Å². The van der Waals surface area contributed by atoms with E-state index < -0.39 is 0 Å². The first kappa shape index (κ1) is 14.3. The standard InChI is InChI=1S/C17H23N3O/c1-2-19-10-8-16-14(12-19)11-13(7-9-18)17(21)20(16)15-5-3-4-6-15/h11,15H,2-8,10,12H2,1H3. The van der Waals surface area contributed by atoms with E-state index in [0.29, 0.717) is 11.6 Å². The topological polar surface area (TPSA) is 49.0 Å². The normalized spacial score (nSPS) is 19.4. The van der Waals surface area contributed by atoms with Gasteiger partial charge < -0.3 is 4.57 Å². The van der Waals surface area contributed by atoms with Crippen LogP contribution < -0.4 is 5.56 Å². The average Bonchev–Trinajstić information content (AvgIpc) is 3.02. The highest BCUT2D eigenvalue weighted by Gasteiger charge is 2.26. The molecule has 1 aliphatic carbocycles. The molecule has 0 spiro atoms. The lowest BCUT2D eigenvalue weighted by molar-refractivity contribution is 0.258. The number of nitrogens with zero attached hydrogens (tertiary/aromatic N) is 3. The van der Waals surface area contributed by atoms with E-state index in [9.17, 15) is 4.79 Å². The Hall–Kier alpha value is -1.60. The number of fused-ring (bicyclic) bond motifs is 1. The Morgan fingerprint density at radius 2 is 2.14 bits per heavy atom. The molecule has 1 fully saturated rings. The number of rotatable bonds is 3. The summed E-state index contributed by atoms with van der Waals surface area (Å²) in [7, 11) is 0. The second-order valence-electron chi connectivity index (χ2n) is 6.21. The van der Waals surface area contributed by atoms with Crippen LogP contribution in [0.3, 0.4) is 0 Å². The first-order valence-corrected chi connectivity index (χ1v) is 8.10. The van der Waals surface area contributed by atoms with Gasteiger partial charge in [-0.05, 0) is 31.0 Å². The van der Waals surface area contributed by atoms with Crippen molar-refractivity contribution in [1.29, 1.82) is 5.26 Å². The largest absolute Gasteiger partial charge is 0.309 e. The van der Waals surface area contributed by atoms with Gasteiger partial charge in [-0.25, -0.2) is 0 Å². The number of aromatic nitrogens is 1. The molecular weight excluding hydrogens is 262 g/mol. The highest BCUT2D eigenvalue weighted by Crippen LogP contribution is 2.31. The van der Waals surface area contributed by atoms with E-state index in [1.807, 2.05) is 6.07 Å². The Morgan fingerprint density at radius 3 is 2.81 bits per heavy atom. The third-order valence-electron chi connectivity index (χ3n) is 4.97. The van der Waals surface area contributed by atoms with Crippen LogP contribution in [0, 0.1) is 11.3 Å². The number of pyridine rings is 1. The van der Waals surface area contributed by atoms with Crippen molar-refractivity contribution >= 4 is 0 Å². The summed E-state index contributed by atoms with van der Waals surface area (Å²) < 4.78 is 2.06. The first-order chi connectivity index (χ1) is 10.2. The minimum Gasteiger partial charge on any atom is -0.309 e. The molecule has 21 heavy (non-hydrogen) atoms. The molecule has 0 unspecified atom stereocenters. The Bertz CT molecular complexity index is 620. The fraction of sp³-hybridized carbons (Fsp3) is 0.647. The molecule has 4 nitrogen and oxygen atoms in total. The van der Waals surface area contributed by atoms with Gasteiger partial charge in [-0.2, -0.15) is 5.26 Å². The van der Waals surface area contributed by atoms with Gasteiger partial charge in [0, 0.05) is 36.8 Å². The van der Waals surface area contributed by atoms with E-state index in [4.69, 9.17) is 5.26 Å². The van der Waals surface area contributed by atoms with Crippen LogP contribution in [0.2, 0.25) is 0 Å². The molecule has 0 saturated heterocycles. The third-order valence-corrected chi connectivity index (χ3v) is 4.97. The summed E-state index contributed by atoms with van der Waals surface area (Å²) in [5.41, 5.74) is 3.27. The molecule has 1 aromatic heterocycles. The zero-order valence-corrected chi connectivity index (χ0v) is 12.8. The van der Waals surface area contributed by atoms with E-state index in [2.05, 4.69) is 22.5 Å². The van der Waals surface area contributed by atoms with Crippen molar-refractivity contribution < 1.29 is 0 Å². The van der Waals surface area contributed by atoms with Crippen LogP contribution in [0.15, 0.2) is 10.9 Å². The quantitative estimate of drug-likeness (QED) is 0.857. The maximum absolute atomic E-state index is 12.8. The predicted molar refractivity (Wildman–Crippen MR) is 82.2 cm³/mol. The van der Waals surface area contributed by atoms with Crippen LogP contribution in [0.4, 0.5) is 0 Å². The molecule has 1 aromatic rings. The Balaban J connectivity index is 2.10. The maximum atomic E-state index is 12.8. The summed E-state index contributed by atoms with van der Waals surface area (Å²) in [5.74, 6) is 0. The van der Waals surface area contributed by atoms with Gasteiger partial charge in [0.1, 0.15) is 0 Å². The van der Waals surface area contributed by atoms with Crippen LogP contribution >= 0.6 is 0 Å². The molecule has 1 aliphatic heterocycles. The second-order valence-corrected chi connectivity index (χ2v) is 6.21. The molecule has 1 saturated carbocycles. The van der Waals surface area contributed by atoms with E-state index in [0.717, 1.165) is 38.9 Å². The average molecular weight is 285 g/mol. The molecule has 2 heterocycles. The van der Waals surface area contributed by atoms with Gasteiger partial charge in [-0.3, -0.25) is 9.69 Å². The lowest BCUT2D eigenvalue weighted by atomic mass is 10.00. The lowest BCUT2D eigenvalue weighted by Gasteiger charge is -2.31. The van der Waals surface area contributed by atoms with E-state index in [1.54, 1.807) is 0 Å². The third kappa shape index (κ3) is 2.63. The van der Waals surface area contributed by atoms with Crippen LogP contribution in [0.1, 0.15) is 55.5 Å². The maximum Gasteiger partial charge on any atom is 0.255 e. The van der Waals surface area contributed by atoms with E-state index in [-0.39, 0.29) is 12.0 Å². The molecule has 0 amide bonds. The fourth-order valence-corrected chi connectivity index (χ4v) is 3.82. The van der Waals surface area contributed by atoms with Crippen molar-refractivity contribution in [3.8, 4) is 6.07 Å². The molecule has 0 atom stereocenters. The number of hydrogen-bond acceptors (Lipinski definition) is 3. The van der Waals surface area contributed by atoms with Crippen molar-refractivity contribution in [1.82, 2.24) is 9.47 Å². The fourth-order valence-electron chi connectivity index (χ4n) is 3.82. The summed E-state index contributed by atoms with van der Waals surface area (Å²) >= 11 is 0. The van der Waals surface area contributed by atoms with Crippen molar-refractivity contribution in [2.24, 2.45) is 0 Å². The molecule has 0 radical (unpaired) electrons. The van der Waals surface area contributed by atoms with Crippen LogP contribution in [0.25, 0.3) is 0 Å². The zero-order valence-electron chi connectivity index (χ0n) is 12.8. The van der Waals surface area contributed by atoms with Gasteiger partial charge in [0.25, 0.3) is 5.56 Å². The summed E-state index contributed by atoms with van der Waals surface area (Å²) in [4.78, 5) is 15.2. The number of hydrogen-bond donors (Lipinski definition) is 0. The van der Waals surface area contributed by atoms with Crippen molar-refractivity contribution in [3.05, 3.63) is 33.2 Å². The summed E-state index contributed by atoms with van der Waals surface area (Å²) in [6, 6.07) is 4.50. The molecule has 0 aromatic carbocycles. The van der Waals surface area contributed by atoms with Crippen molar-refractivity contribution in [2.75, 3.05) is 13.1 Å². The van der Waals surface area contributed by atoms with Gasteiger partial charge in [0.05, 0.1) is 12.5 Å². The number of nitriles is 1. The van der Waals surface area contributed by atoms with Gasteiger partial charge >= 0.3 is 0 Å². The van der Waals surface area contributed by atoms with Gasteiger partial charge in [-0.1, -0.05) is 19.8 Å². The molecule has 2 aliphatic rings. The van der Waals surface area contributed by atoms with Crippen LogP contribution in [-0.2, 0) is 19.4 Å². The second kappa shape index (κ2) is 6.03. The SMILES string of the molecule is CCN1CCc2c(cc(CC#N)c(=O)n2C2CCCC2)C1. The van der Waals surface area contributed by atoms with Crippen LogP contribution in [0.5, 0.6) is 0 Å². The Labute approximate surface area is 126 Å². The van der Waals surface area contributed by atoms with E-state index >= 15 is 0 Å². The predicted octanol–water partition coefficient (Wildman–Crippen LogP) is 2.41. The Kier molecular flexibility index (Phi) is 4.12. The molecule has 0 N–H and O–H groups in total. The summed E-state index contributed by atoms with van der Waals surface area (Å²) in [6.45, 7) is 5.16. The summed E-state index contributed by atoms with van der Waals surface area (Å²) in [6.07, 6.45) is 5.84. The Morgan fingerprint density at radius 1 is 1.38 bits per heavy atom. The smallest absolute Gasteiger partial charge is 0.255 e. The molecule has 0 bridgehead atoms. The van der Waals surface area contributed by atoms with Gasteiger partial charge in [0.15, 0.2) is 0 Å². The highest BCUT2D eigenvalue weighted by molar-refractivity contribution is 5.31. The van der Waals surface area contributed by atoms with Crippen molar-refractivity contribution in [2.45, 2.75) is 58.0 Å². The summed E-state index contributed by atoms with van der Waals surface area (Å²) in [5, 5.41) is 8.99. The molecular formula is C17H23N3O. The van der Waals surface area contributed by atoms with Gasteiger partial charge in [-0.15, -0.1) is 0 Å². The molecule has 4 heteroatoms. The monoisotopic (exact) mass is 285 g/mol.